The first kappa shape index (κ1) is 20.8. The Kier molecular flexibility index (Phi) is 6.09. The molecular formula is C25H25NO5. The molecule has 0 aromatic heterocycles. The summed E-state index contributed by atoms with van der Waals surface area (Å²) >= 11 is 0. The predicted molar refractivity (Wildman–Crippen MR) is 117 cm³/mol. The van der Waals surface area contributed by atoms with Gasteiger partial charge in [-0.2, -0.15) is 0 Å². The molecule has 3 aromatic carbocycles. The average molecular weight is 419 g/mol. The van der Waals surface area contributed by atoms with E-state index in [1.165, 1.54) is 7.11 Å². The van der Waals surface area contributed by atoms with Crippen molar-refractivity contribution in [3.05, 3.63) is 76.9 Å². The second-order valence-corrected chi connectivity index (χ2v) is 7.29. The first-order chi connectivity index (χ1) is 15.1. The van der Waals surface area contributed by atoms with Crippen LogP contribution in [0, 0.1) is 0 Å². The second-order valence-electron chi connectivity index (χ2n) is 7.29. The van der Waals surface area contributed by atoms with Gasteiger partial charge in [0.1, 0.15) is 30.5 Å². The van der Waals surface area contributed by atoms with Crippen molar-refractivity contribution in [3.63, 3.8) is 0 Å². The van der Waals surface area contributed by atoms with Gasteiger partial charge in [0.15, 0.2) is 0 Å². The fraction of sp³-hybridized carbons (Fsp3) is 0.240. The Hall–Kier alpha value is -3.51. The van der Waals surface area contributed by atoms with E-state index < -0.39 is 0 Å². The molecule has 0 aliphatic carbocycles. The molecule has 31 heavy (non-hydrogen) atoms. The van der Waals surface area contributed by atoms with Gasteiger partial charge in [0.2, 0.25) is 0 Å². The zero-order valence-corrected chi connectivity index (χ0v) is 17.6. The van der Waals surface area contributed by atoms with Gasteiger partial charge in [-0.3, -0.25) is 4.79 Å². The van der Waals surface area contributed by atoms with Crippen molar-refractivity contribution < 1.29 is 23.7 Å². The number of fused-ring (bicyclic) bond motifs is 3. The zero-order chi connectivity index (χ0) is 21.8. The van der Waals surface area contributed by atoms with Crippen molar-refractivity contribution in [2.24, 2.45) is 5.73 Å². The lowest BCUT2D eigenvalue weighted by molar-refractivity contribution is -0.139. The van der Waals surface area contributed by atoms with Gasteiger partial charge in [-0.1, -0.05) is 36.4 Å². The number of hydrogen-bond acceptors (Lipinski definition) is 6. The molecule has 0 saturated heterocycles. The number of methoxy groups -OCH3 is 2. The fourth-order valence-corrected chi connectivity index (χ4v) is 3.70. The summed E-state index contributed by atoms with van der Waals surface area (Å²) in [4.78, 5) is 11.8. The molecule has 2 N–H and O–H groups in total. The second kappa shape index (κ2) is 9.10. The predicted octanol–water partition coefficient (Wildman–Crippen LogP) is 4.01. The van der Waals surface area contributed by atoms with Crippen LogP contribution < -0.4 is 19.9 Å². The number of benzene rings is 3. The molecular weight excluding hydrogens is 394 g/mol. The van der Waals surface area contributed by atoms with Gasteiger partial charge in [-0.25, -0.2) is 0 Å². The summed E-state index contributed by atoms with van der Waals surface area (Å²) in [6, 6.07) is 17.7. The Morgan fingerprint density at radius 3 is 2.68 bits per heavy atom. The minimum atomic E-state index is -0.323. The maximum absolute atomic E-state index is 11.8. The minimum absolute atomic E-state index is 0.132. The molecule has 0 fully saturated rings. The van der Waals surface area contributed by atoms with Crippen LogP contribution in [0.4, 0.5) is 0 Å². The van der Waals surface area contributed by atoms with Gasteiger partial charge >= 0.3 is 5.97 Å². The number of esters is 1. The van der Waals surface area contributed by atoms with Crippen LogP contribution in [-0.4, -0.2) is 20.2 Å². The number of carbonyl (C=O) groups is 1. The molecule has 0 saturated carbocycles. The number of ether oxygens (including phenoxy) is 4. The van der Waals surface area contributed by atoms with Gasteiger partial charge in [-0.15, -0.1) is 0 Å². The van der Waals surface area contributed by atoms with Crippen LogP contribution in [0.5, 0.6) is 17.2 Å². The highest BCUT2D eigenvalue weighted by Crippen LogP contribution is 2.40. The number of nitrogens with two attached hydrogens (primary N) is 1. The molecule has 0 spiro atoms. The summed E-state index contributed by atoms with van der Waals surface area (Å²) in [6.45, 7) is 1.29. The smallest absolute Gasteiger partial charge is 0.310 e. The zero-order valence-electron chi connectivity index (χ0n) is 17.6. The largest absolute Gasteiger partial charge is 0.497 e. The summed E-state index contributed by atoms with van der Waals surface area (Å²) in [7, 11) is 2.97. The van der Waals surface area contributed by atoms with E-state index in [1.807, 2.05) is 30.3 Å². The molecule has 1 aliphatic rings. The van der Waals surface area contributed by atoms with Crippen molar-refractivity contribution in [2.45, 2.75) is 26.2 Å². The third-order valence-corrected chi connectivity index (χ3v) is 5.38. The van der Waals surface area contributed by atoms with E-state index >= 15 is 0 Å². The highest BCUT2D eigenvalue weighted by Gasteiger charge is 2.20. The minimum Gasteiger partial charge on any atom is -0.497 e. The monoisotopic (exact) mass is 419 g/mol. The van der Waals surface area contributed by atoms with Gasteiger partial charge in [0.05, 0.1) is 20.6 Å². The van der Waals surface area contributed by atoms with E-state index in [4.69, 9.17) is 24.7 Å². The fourth-order valence-electron chi connectivity index (χ4n) is 3.70. The van der Waals surface area contributed by atoms with Crippen molar-refractivity contribution in [1.29, 1.82) is 0 Å². The van der Waals surface area contributed by atoms with Crippen LogP contribution in [-0.2, 0) is 35.7 Å². The molecule has 160 valence electrons. The number of rotatable bonds is 7. The molecule has 1 aliphatic heterocycles. The van der Waals surface area contributed by atoms with E-state index in [1.54, 1.807) is 19.2 Å². The summed E-state index contributed by atoms with van der Waals surface area (Å²) in [6.07, 6.45) is 0.132. The molecule has 0 unspecified atom stereocenters. The first-order valence-electron chi connectivity index (χ1n) is 10.1. The molecule has 4 rings (SSSR count). The topological polar surface area (TPSA) is 80.0 Å². The number of carbonyl (C=O) groups excluding carboxylic acids is 1. The highest BCUT2D eigenvalue weighted by molar-refractivity contribution is 5.77. The van der Waals surface area contributed by atoms with Crippen LogP contribution in [0.3, 0.4) is 0 Å². The van der Waals surface area contributed by atoms with Gasteiger partial charge < -0.3 is 24.7 Å². The van der Waals surface area contributed by atoms with E-state index in [0.29, 0.717) is 31.3 Å². The van der Waals surface area contributed by atoms with E-state index in [0.717, 1.165) is 39.1 Å². The van der Waals surface area contributed by atoms with E-state index in [2.05, 4.69) is 12.1 Å². The van der Waals surface area contributed by atoms with E-state index in [9.17, 15) is 4.79 Å². The van der Waals surface area contributed by atoms with Crippen LogP contribution in [0.15, 0.2) is 54.6 Å². The van der Waals surface area contributed by atoms with Crippen molar-refractivity contribution >= 4 is 5.97 Å². The van der Waals surface area contributed by atoms with Crippen LogP contribution in [0.1, 0.15) is 22.3 Å². The van der Waals surface area contributed by atoms with Gasteiger partial charge in [0.25, 0.3) is 0 Å². The van der Waals surface area contributed by atoms with Crippen molar-refractivity contribution in [1.82, 2.24) is 0 Å². The molecule has 6 heteroatoms. The summed E-state index contributed by atoms with van der Waals surface area (Å²) in [5.74, 6) is 1.78. The summed E-state index contributed by atoms with van der Waals surface area (Å²) < 4.78 is 22.2. The summed E-state index contributed by atoms with van der Waals surface area (Å²) in [5, 5.41) is 0. The SMILES string of the molecule is COC(=O)Cc1ccc(OC)cc1OCc1ccc2c(c1)-c1cccc(CN)c1OC2. The maximum atomic E-state index is 11.8. The molecule has 1 heterocycles. The first-order valence-corrected chi connectivity index (χ1v) is 10.1. The lowest BCUT2D eigenvalue weighted by Gasteiger charge is -2.23. The Balaban J connectivity index is 1.60. The Bertz CT molecular complexity index is 1110. The molecule has 0 amide bonds. The normalized spacial score (nSPS) is 11.7. The Morgan fingerprint density at radius 1 is 1.03 bits per heavy atom. The molecule has 6 nitrogen and oxygen atoms in total. The summed E-state index contributed by atoms with van der Waals surface area (Å²) in [5.41, 5.74) is 11.9. The lowest BCUT2D eigenvalue weighted by atomic mass is 9.93. The standard InChI is InChI=1S/C25H25NO5/c1-28-20-9-8-17(11-24(27)29-2)23(12-20)30-14-16-6-7-19-15-31-25-18(13-26)4-3-5-21(25)22(19)10-16/h3-10,12H,11,13-15,26H2,1-2H3. The molecule has 3 aromatic rings. The van der Waals surface area contributed by atoms with Crippen LogP contribution >= 0.6 is 0 Å². The Morgan fingerprint density at radius 2 is 1.90 bits per heavy atom. The molecule has 0 bridgehead atoms. The van der Waals surface area contributed by atoms with Crippen molar-refractivity contribution in [3.8, 4) is 28.4 Å². The lowest BCUT2D eigenvalue weighted by Crippen LogP contribution is -2.10. The molecule has 0 radical (unpaired) electrons. The van der Waals surface area contributed by atoms with Crippen LogP contribution in [0.2, 0.25) is 0 Å². The third kappa shape index (κ3) is 4.34. The van der Waals surface area contributed by atoms with Gasteiger partial charge in [0, 0.05) is 29.3 Å². The molecule has 0 atom stereocenters. The third-order valence-electron chi connectivity index (χ3n) is 5.38. The number of hydrogen-bond donors (Lipinski definition) is 1. The highest BCUT2D eigenvalue weighted by atomic mass is 16.5. The number of para-hydroxylation sites is 1. The van der Waals surface area contributed by atoms with E-state index in [-0.39, 0.29) is 12.4 Å². The van der Waals surface area contributed by atoms with Crippen LogP contribution in [0.25, 0.3) is 11.1 Å². The Labute approximate surface area is 181 Å². The quantitative estimate of drug-likeness (QED) is 0.583. The maximum Gasteiger partial charge on any atom is 0.310 e. The average Bonchev–Trinajstić information content (AvgIpc) is 2.82. The van der Waals surface area contributed by atoms with Gasteiger partial charge in [-0.05, 0) is 28.8 Å². The van der Waals surface area contributed by atoms with Crippen molar-refractivity contribution in [2.75, 3.05) is 14.2 Å².